The van der Waals surface area contributed by atoms with Gasteiger partial charge in [0.15, 0.2) is 5.43 Å². The highest BCUT2D eigenvalue weighted by molar-refractivity contribution is 9.10. The van der Waals surface area contributed by atoms with Crippen molar-refractivity contribution in [3.05, 3.63) is 44.7 Å². The van der Waals surface area contributed by atoms with Gasteiger partial charge in [-0.05, 0) is 24.6 Å². The van der Waals surface area contributed by atoms with Crippen LogP contribution < -0.4 is 5.43 Å². The van der Waals surface area contributed by atoms with Gasteiger partial charge in [0.25, 0.3) is 0 Å². The van der Waals surface area contributed by atoms with E-state index < -0.39 is 0 Å². The number of hydrogen-bond donors (Lipinski definition) is 1. The lowest BCUT2D eigenvalue weighted by Crippen LogP contribution is -2.00. The molecule has 1 aromatic heterocycles. The monoisotopic (exact) mass is 237 g/mol. The van der Waals surface area contributed by atoms with Crippen LogP contribution >= 0.6 is 15.9 Å². The SMILES string of the molecule is Cc1cc2[nH]ccc(=O)c2cc1Br. The number of aromatic nitrogens is 1. The van der Waals surface area contributed by atoms with Gasteiger partial charge in [0.1, 0.15) is 0 Å². The van der Waals surface area contributed by atoms with Gasteiger partial charge in [-0.15, -0.1) is 0 Å². The highest BCUT2D eigenvalue weighted by Gasteiger charge is 2.00. The average molecular weight is 238 g/mol. The van der Waals surface area contributed by atoms with E-state index in [2.05, 4.69) is 20.9 Å². The number of aryl methyl sites for hydroxylation is 1. The Morgan fingerprint density at radius 2 is 2.15 bits per heavy atom. The maximum Gasteiger partial charge on any atom is 0.189 e. The molecule has 2 aromatic rings. The van der Waals surface area contributed by atoms with Crippen molar-refractivity contribution in [3.8, 4) is 0 Å². The summed E-state index contributed by atoms with van der Waals surface area (Å²) in [7, 11) is 0. The molecular weight excluding hydrogens is 230 g/mol. The van der Waals surface area contributed by atoms with Crippen LogP contribution in [0.3, 0.4) is 0 Å². The van der Waals surface area contributed by atoms with Crippen molar-refractivity contribution < 1.29 is 0 Å². The fraction of sp³-hybridized carbons (Fsp3) is 0.100. The lowest BCUT2D eigenvalue weighted by molar-refractivity contribution is 1.36. The summed E-state index contributed by atoms with van der Waals surface area (Å²) in [4.78, 5) is 14.4. The van der Waals surface area contributed by atoms with E-state index in [0.29, 0.717) is 0 Å². The molecule has 0 bridgehead atoms. The normalized spacial score (nSPS) is 10.6. The third kappa shape index (κ3) is 1.40. The lowest BCUT2D eigenvalue weighted by atomic mass is 10.1. The second-order valence-electron chi connectivity index (χ2n) is 2.99. The molecule has 2 nitrogen and oxygen atoms in total. The van der Waals surface area contributed by atoms with Crippen LogP contribution in [0.4, 0.5) is 0 Å². The van der Waals surface area contributed by atoms with E-state index in [-0.39, 0.29) is 5.43 Å². The fourth-order valence-electron chi connectivity index (χ4n) is 1.30. The van der Waals surface area contributed by atoms with Crippen LogP contribution in [0, 0.1) is 6.92 Å². The summed E-state index contributed by atoms with van der Waals surface area (Å²) in [5.41, 5.74) is 2.05. The molecule has 0 spiro atoms. The van der Waals surface area contributed by atoms with Crippen molar-refractivity contribution in [2.75, 3.05) is 0 Å². The van der Waals surface area contributed by atoms with Gasteiger partial charge in [0.05, 0.1) is 0 Å². The maximum absolute atomic E-state index is 11.4. The standard InChI is InChI=1S/C10H8BrNO/c1-6-4-9-7(5-8(6)11)10(13)2-3-12-9/h2-5H,1H3,(H,12,13). The zero-order valence-electron chi connectivity index (χ0n) is 7.10. The Labute approximate surface area is 83.7 Å². The molecule has 0 saturated heterocycles. The molecule has 0 unspecified atom stereocenters. The van der Waals surface area contributed by atoms with Gasteiger partial charge in [-0.3, -0.25) is 4.79 Å². The minimum Gasteiger partial charge on any atom is -0.361 e. The van der Waals surface area contributed by atoms with Crippen molar-refractivity contribution in [1.82, 2.24) is 4.98 Å². The third-order valence-electron chi connectivity index (χ3n) is 2.04. The Balaban J connectivity index is 2.97. The number of rotatable bonds is 0. The van der Waals surface area contributed by atoms with Crippen LogP contribution in [0.2, 0.25) is 0 Å². The van der Waals surface area contributed by atoms with Gasteiger partial charge in [-0.1, -0.05) is 15.9 Å². The molecule has 0 radical (unpaired) electrons. The topological polar surface area (TPSA) is 32.9 Å². The lowest BCUT2D eigenvalue weighted by Gasteiger charge is -2.00. The van der Waals surface area contributed by atoms with Crippen LogP contribution in [0.15, 0.2) is 33.7 Å². The molecular formula is C10H8BrNO. The first-order chi connectivity index (χ1) is 6.18. The molecule has 0 aliphatic rings. The molecule has 1 heterocycles. The summed E-state index contributed by atoms with van der Waals surface area (Å²) in [5, 5.41) is 0.722. The zero-order valence-corrected chi connectivity index (χ0v) is 8.68. The second kappa shape index (κ2) is 3.00. The van der Waals surface area contributed by atoms with Crippen LogP contribution in [0.5, 0.6) is 0 Å². The number of benzene rings is 1. The van der Waals surface area contributed by atoms with Crippen LogP contribution in [0.25, 0.3) is 10.9 Å². The molecule has 66 valence electrons. The first kappa shape index (κ1) is 8.51. The van der Waals surface area contributed by atoms with Crippen LogP contribution in [0.1, 0.15) is 5.56 Å². The van der Waals surface area contributed by atoms with E-state index in [1.54, 1.807) is 6.20 Å². The van der Waals surface area contributed by atoms with E-state index >= 15 is 0 Å². The van der Waals surface area contributed by atoms with Gasteiger partial charge in [-0.25, -0.2) is 0 Å². The maximum atomic E-state index is 11.4. The zero-order chi connectivity index (χ0) is 9.42. The second-order valence-corrected chi connectivity index (χ2v) is 3.84. The van der Waals surface area contributed by atoms with Gasteiger partial charge >= 0.3 is 0 Å². The molecule has 0 fully saturated rings. The number of pyridine rings is 1. The van der Waals surface area contributed by atoms with Crippen molar-refractivity contribution in [2.24, 2.45) is 0 Å². The van der Waals surface area contributed by atoms with E-state index in [0.717, 1.165) is 20.9 Å². The van der Waals surface area contributed by atoms with Gasteiger partial charge in [0, 0.05) is 27.6 Å². The summed E-state index contributed by atoms with van der Waals surface area (Å²) in [5.74, 6) is 0. The van der Waals surface area contributed by atoms with Crippen molar-refractivity contribution in [2.45, 2.75) is 6.92 Å². The largest absolute Gasteiger partial charge is 0.361 e. The number of hydrogen-bond acceptors (Lipinski definition) is 1. The molecule has 1 aromatic carbocycles. The van der Waals surface area contributed by atoms with E-state index in [1.807, 2.05) is 19.1 Å². The molecule has 0 amide bonds. The summed E-state index contributed by atoms with van der Waals surface area (Å²) in [6.07, 6.45) is 1.66. The molecule has 13 heavy (non-hydrogen) atoms. The molecule has 1 N–H and O–H groups in total. The Morgan fingerprint density at radius 1 is 1.38 bits per heavy atom. The number of nitrogens with one attached hydrogen (secondary N) is 1. The Bertz CT molecular complexity index is 516. The Kier molecular flexibility index (Phi) is 1.96. The number of aromatic amines is 1. The van der Waals surface area contributed by atoms with Gasteiger partial charge in [0.2, 0.25) is 0 Å². The third-order valence-corrected chi connectivity index (χ3v) is 2.89. The van der Waals surface area contributed by atoms with E-state index in [9.17, 15) is 4.79 Å². The quantitative estimate of drug-likeness (QED) is 0.751. The predicted molar refractivity (Wildman–Crippen MR) is 57.0 cm³/mol. The molecule has 0 aliphatic heterocycles. The predicted octanol–water partition coefficient (Wildman–Crippen LogP) is 2.60. The molecule has 2 rings (SSSR count). The highest BCUT2D eigenvalue weighted by Crippen LogP contribution is 2.20. The average Bonchev–Trinajstić information content (AvgIpc) is 2.09. The minimum atomic E-state index is 0.0504. The summed E-state index contributed by atoms with van der Waals surface area (Å²) >= 11 is 3.40. The molecule has 0 aliphatic carbocycles. The van der Waals surface area contributed by atoms with E-state index in [4.69, 9.17) is 0 Å². The number of H-pyrrole nitrogens is 1. The summed E-state index contributed by atoms with van der Waals surface area (Å²) in [6.45, 7) is 1.99. The molecule has 0 atom stereocenters. The highest BCUT2D eigenvalue weighted by atomic mass is 79.9. The number of halogens is 1. The fourth-order valence-corrected chi connectivity index (χ4v) is 1.65. The molecule has 3 heteroatoms. The van der Waals surface area contributed by atoms with Crippen molar-refractivity contribution in [3.63, 3.8) is 0 Å². The summed E-state index contributed by atoms with van der Waals surface area (Å²) < 4.78 is 0.969. The van der Waals surface area contributed by atoms with Crippen LogP contribution in [-0.2, 0) is 0 Å². The van der Waals surface area contributed by atoms with Crippen molar-refractivity contribution in [1.29, 1.82) is 0 Å². The van der Waals surface area contributed by atoms with Crippen LogP contribution in [-0.4, -0.2) is 4.98 Å². The van der Waals surface area contributed by atoms with E-state index in [1.165, 1.54) is 6.07 Å². The first-order valence-electron chi connectivity index (χ1n) is 3.96. The van der Waals surface area contributed by atoms with Gasteiger partial charge < -0.3 is 4.98 Å². The Hall–Kier alpha value is -1.09. The summed E-state index contributed by atoms with van der Waals surface area (Å²) in [6, 6.07) is 5.34. The first-order valence-corrected chi connectivity index (χ1v) is 4.75. The minimum absolute atomic E-state index is 0.0504. The van der Waals surface area contributed by atoms with Gasteiger partial charge in [-0.2, -0.15) is 0 Å². The Morgan fingerprint density at radius 3 is 2.92 bits per heavy atom. The number of fused-ring (bicyclic) bond motifs is 1. The molecule has 0 saturated carbocycles. The smallest absolute Gasteiger partial charge is 0.189 e. The van der Waals surface area contributed by atoms with Crippen molar-refractivity contribution >= 4 is 26.8 Å².